The van der Waals surface area contributed by atoms with Crippen LogP contribution in [0, 0.1) is 5.92 Å². The van der Waals surface area contributed by atoms with Gasteiger partial charge in [-0.3, -0.25) is 0 Å². The number of carbonyl (C=O) groups is 4. The highest BCUT2D eigenvalue weighted by molar-refractivity contribution is 7.82. The monoisotopic (exact) mass is 940 g/mol. The van der Waals surface area contributed by atoms with E-state index in [2.05, 4.69) is 101 Å². The van der Waals surface area contributed by atoms with Gasteiger partial charge in [-0.05, 0) is 121 Å². The van der Waals surface area contributed by atoms with Gasteiger partial charge in [-0.15, -0.1) is 101 Å². The summed E-state index contributed by atoms with van der Waals surface area (Å²) in [5.74, 6) is -5.70. The smallest absolute Gasteiger partial charge is 0.337 e. The van der Waals surface area contributed by atoms with Crippen LogP contribution in [0.2, 0.25) is 0 Å². The highest BCUT2D eigenvalue weighted by Crippen LogP contribution is 2.58. The van der Waals surface area contributed by atoms with Crippen LogP contribution in [0.4, 0.5) is 0 Å². The van der Waals surface area contributed by atoms with Gasteiger partial charge in [0.2, 0.25) is 0 Å². The second kappa shape index (κ2) is 15.9. The second-order valence-electron chi connectivity index (χ2n) is 14.1. The minimum atomic E-state index is -1.18. The molecule has 0 heterocycles. The average molecular weight is 941 g/mol. The standard InChI is InChI=1S/C44H28O8S8/c45-41(46)37-27(53)5-15(6-28(37)54)23-13-25(17-9-31(57)39(43(49)50)32(58)10-17)21-3-4-22-26(18-11-33(59)40(44(51)52)34(60)12-18)14-24(20-2-1-19(23)35(21)36(20)22)16-7-29(55)38(42(47)48)30(56)8-16/h1-14,23,36,53-60H,(H,45,46)(H,47,48)(H,49,50)(H,51,52). The van der Waals surface area contributed by atoms with E-state index >= 15 is 0 Å². The summed E-state index contributed by atoms with van der Waals surface area (Å²) in [6.45, 7) is 0. The first-order valence-electron chi connectivity index (χ1n) is 17.6. The lowest BCUT2D eigenvalue weighted by Gasteiger charge is -2.42. The van der Waals surface area contributed by atoms with Crippen LogP contribution in [-0.2, 0) is 0 Å². The number of benzene rings is 4. The highest BCUT2D eigenvalue weighted by atomic mass is 32.1. The Hall–Kier alpha value is -4.26. The van der Waals surface area contributed by atoms with Crippen molar-refractivity contribution in [2.75, 3.05) is 0 Å². The zero-order valence-electron chi connectivity index (χ0n) is 30.2. The number of allylic oxidation sites excluding steroid dienone is 14. The summed E-state index contributed by atoms with van der Waals surface area (Å²) in [4.78, 5) is 50.3. The molecule has 4 aliphatic rings. The molecular formula is C44H28O8S8. The van der Waals surface area contributed by atoms with Gasteiger partial charge in [0.05, 0.1) is 22.3 Å². The van der Waals surface area contributed by atoms with Crippen LogP contribution in [0.15, 0.2) is 152 Å². The van der Waals surface area contributed by atoms with Gasteiger partial charge >= 0.3 is 23.9 Å². The molecule has 0 aliphatic heterocycles. The molecule has 300 valence electrons. The van der Waals surface area contributed by atoms with Gasteiger partial charge in [-0.2, -0.15) is 0 Å². The molecule has 4 aromatic rings. The topological polar surface area (TPSA) is 149 Å². The fourth-order valence-corrected chi connectivity index (χ4v) is 11.6. The lowest BCUT2D eigenvalue weighted by Crippen LogP contribution is -2.27. The Morgan fingerprint density at radius 3 is 1.27 bits per heavy atom. The van der Waals surface area contributed by atoms with Crippen molar-refractivity contribution in [1.82, 2.24) is 0 Å². The molecule has 2 atom stereocenters. The molecule has 8 nitrogen and oxygen atoms in total. The molecule has 4 aromatic carbocycles. The first-order valence-corrected chi connectivity index (χ1v) is 21.2. The Labute approximate surface area is 386 Å². The van der Waals surface area contributed by atoms with Crippen LogP contribution >= 0.6 is 101 Å². The molecule has 0 spiro atoms. The van der Waals surface area contributed by atoms with Crippen LogP contribution in [-0.4, -0.2) is 44.3 Å². The summed E-state index contributed by atoms with van der Waals surface area (Å²) < 4.78 is 0. The molecule has 0 aromatic heterocycles. The number of carboxylic acid groups (broad SMARTS) is 4. The SMILES string of the molecule is O=C(O)c1c(S)cc(C2=CC(c3cc(S)c(C(=O)O)c(S)c3)C3=C4C2=CC=C2C(c5cc(S)c(C(=O)O)c(S)c5)=CC(c5cc(S)c(C(=O)O)c(S)c5)=C(C=C3)C24)cc1S. The lowest BCUT2D eigenvalue weighted by atomic mass is 9.61. The van der Waals surface area contributed by atoms with E-state index in [0.717, 1.165) is 44.6 Å². The maximum atomic E-state index is 12.2. The first-order chi connectivity index (χ1) is 28.4. The summed E-state index contributed by atoms with van der Waals surface area (Å²) in [6.07, 6.45) is 12.0. The molecule has 0 radical (unpaired) electrons. The van der Waals surface area contributed by atoms with Gasteiger partial charge in [0.25, 0.3) is 0 Å². The van der Waals surface area contributed by atoms with Crippen LogP contribution in [0.25, 0.3) is 16.7 Å². The van der Waals surface area contributed by atoms with Crippen molar-refractivity contribution in [2.24, 2.45) is 5.92 Å². The number of hydrogen-bond donors (Lipinski definition) is 12. The van der Waals surface area contributed by atoms with E-state index in [4.69, 9.17) is 0 Å². The zero-order valence-corrected chi connectivity index (χ0v) is 37.4. The zero-order chi connectivity index (χ0) is 43.2. The van der Waals surface area contributed by atoms with E-state index < -0.39 is 35.7 Å². The summed E-state index contributed by atoms with van der Waals surface area (Å²) >= 11 is 36.5. The van der Waals surface area contributed by atoms with Crippen molar-refractivity contribution in [3.63, 3.8) is 0 Å². The van der Waals surface area contributed by atoms with Crippen molar-refractivity contribution < 1.29 is 39.6 Å². The van der Waals surface area contributed by atoms with Crippen LogP contribution in [0.5, 0.6) is 0 Å². The molecule has 0 fully saturated rings. The Kier molecular flexibility index (Phi) is 11.2. The van der Waals surface area contributed by atoms with E-state index in [1.807, 2.05) is 36.5 Å². The highest BCUT2D eigenvalue weighted by Gasteiger charge is 2.42. The number of aromatic carboxylic acids is 4. The number of thiol groups is 8. The van der Waals surface area contributed by atoms with E-state index in [-0.39, 0.29) is 61.4 Å². The van der Waals surface area contributed by atoms with Crippen LogP contribution in [0.1, 0.15) is 69.6 Å². The Bertz CT molecular complexity index is 2890. The normalized spacial score (nSPS) is 17.7. The summed E-state index contributed by atoms with van der Waals surface area (Å²) in [7, 11) is 0. The molecule has 0 bridgehead atoms. The van der Waals surface area contributed by atoms with E-state index in [1.54, 1.807) is 48.5 Å². The minimum absolute atomic E-state index is 0.0478. The molecule has 60 heavy (non-hydrogen) atoms. The maximum Gasteiger partial charge on any atom is 0.337 e. The summed E-state index contributed by atoms with van der Waals surface area (Å²) in [5, 5.41) is 39.8. The Balaban J connectivity index is 1.45. The first kappa shape index (κ1) is 42.4. The number of hydrogen-bond acceptors (Lipinski definition) is 12. The lowest BCUT2D eigenvalue weighted by molar-refractivity contribution is 0.0678. The molecule has 0 amide bonds. The average Bonchev–Trinajstić information content (AvgIpc) is 3.14. The molecule has 4 aliphatic carbocycles. The van der Waals surface area contributed by atoms with Gasteiger partial charge in [0, 0.05) is 51.0 Å². The van der Waals surface area contributed by atoms with Crippen molar-refractivity contribution in [3.8, 4) is 0 Å². The Morgan fingerprint density at radius 2 is 0.833 bits per heavy atom. The van der Waals surface area contributed by atoms with E-state index in [1.165, 1.54) is 0 Å². The van der Waals surface area contributed by atoms with Gasteiger partial charge in [0.1, 0.15) is 0 Å². The summed E-state index contributed by atoms with van der Waals surface area (Å²) in [6, 6.07) is 13.4. The van der Waals surface area contributed by atoms with Gasteiger partial charge < -0.3 is 20.4 Å². The number of carboxylic acids is 4. The van der Waals surface area contributed by atoms with Gasteiger partial charge in [-0.1, -0.05) is 30.4 Å². The molecule has 2 unspecified atom stereocenters. The summed E-state index contributed by atoms with van der Waals surface area (Å²) in [5.41, 5.74) is 8.84. The minimum Gasteiger partial charge on any atom is -0.478 e. The van der Waals surface area contributed by atoms with E-state index in [9.17, 15) is 39.6 Å². The predicted molar refractivity (Wildman–Crippen MR) is 253 cm³/mol. The van der Waals surface area contributed by atoms with Crippen molar-refractivity contribution in [2.45, 2.75) is 45.1 Å². The number of rotatable bonds is 8. The molecule has 8 rings (SSSR count). The maximum absolute atomic E-state index is 12.2. The van der Waals surface area contributed by atoms with Crippen molar-refractivity contribution in [3.05, 3.63) is 157 Å². The van der Waals surface area contributed by atoms with E-state index in [0.29, 0.717) is 22.3 Å². The van der Waals surface area contributed by atoms with Crippen molar-refractivity contribution >= 4 is 142 Å². The second-order valence-corrected chi connectivity index (χ2v) is 18.0. The van der Waals surface area contributed by atoms with Crippen molar-refractivity contribution in [1.29, 1.82) is 0 Å². The van der Waals surface area contributed by atoms with Gasteiger partial charge in [0.15, 0.2) is 0 Å². The quantitative estimate of drug-likeness (QED) is 0.0782. The van der Waals surface area contributed by atoms with Gasteiger partial charge in [-0.25, -0.2) is 19.2 Å². The predicted octanol–water partition coefficient (Wildman–Crippen LogP) is 10.9. The molecule has 0 saturated heterocycles. The third-order valence-corrected chi connectivity index (χ3v) is 13.6. The molecular weight excluding hydrogens is 913 g/mol. The largest absolute Gasteiger partial charge is 0.478 e. The Morgan fingerprint density at radius 1 is 0.450 bits per heavy atom. The molecule has 0 saturated carbocycles. The fraction of sp³-hybridized carbons (Fsp3) is 0.0455. The van der Waals surface area contributed by atoms with Crippen LogP contribution < -0.4 is 0 Å². The molecule has 16 heteroatoms. The third-order valence-electron chi connectivity index (χ3n) is 10.8. The third kappa shape index (κ3) is 7.04. The molecule has 4 N–H and O–H groups in total. The fourth-order valence-electron chi connectivity index (χ4n) is 8.35. The van der Waals surface area contributed by atoms with Crippen LogP contribution in [0.3, 0.4) is 0 Å².